The van der Waals surface area contributed by atoms with E-state index in [1.54, 1.807) is 60.6 Å². The molecule has 0 aromatic heterocycles. The van der Waals surface area contributed by atoms with Crippen molar-refractivity contribution < 1.29 is 77.2 Å². The van der Waals surface area contributed by atoms with Crippen LogP contribution < -0.4 is 27.0 Å². The van der Waals surface area contributed by atoms with Crippen LogP contribution in [0.3, 0.4) is 0 Å². The highest BCUT2D eigenvalue weighted by Gasteiger charge is 2.49. The molecule has 0 spiro atoms. The molecule has 530 valence electrons. The number of allylic oxidation sites excluding steroid dienone is 2. The molecule has 28 nitrogen and oxygen atoms in total. The van der Waals surface area contributed by atoms with Crippen molar-refractivity contribution in [3.8, 4) is 0 Å². The molecule has 2 aliphatic rings. The van der Waals surface area contributed by atoms with Gasteiger partial charge in [0.25, 0.3) is 0 Å². The summed E-state index contributed by atoms with van der Waals surface area (Å²) in [6.07, 6.45) is -1.42. The Morgan fingerprint density at radius 3 is 1.51 bits per heavy atom. The number of nitrogens with zero attached hydrogens (tertiary/aromatic N) is 7. The van der Waals surface area contributed by atoms with Crippen LogP contribution in [0.4, 0.5) is 4.79 Å². The summed E-state index contributed by atoms with van der Waals surface area (Å²) < 4.78 is 10.8. The van der Waals surface area contributed by atoms with E-state index in [1.807, 2.05) is 41.5 Å². The summed E-state index contributed by atoms with van der Waals surface area (Å²) in [6, 6.07) is -15.2. The number of aliphatic hydroxyl groups is 2. The summed E-state index contributed by atoms with van der Waals surface area (Å²) >= 11 is 0. The Morgan fingerprint density at radius 2 is 1.02 bits per heavy atom. The predicted molar refractivity (Wildman–Crippen MR) is 348 cm³/mol. The van der Waals surface area contributed by atoms with Gasteiger partial charge in [0.15, 0.2) is 0 Å². The maximum Gasteiger partial charge on any atom is 0.404 e. The lowest BCUT2D eigenvalue weighted by molar-refractivity contribution is -0.157. The summed E-state index contributed by atoms with van der Waals surface area (Å²) in [5.41, 5.74) is 5.17. The van der Waals surface area contributed by atoms with E-state index in [0.717, 1.165) is 19.6 Å². The number of hydrogen-bond acceptors (Lipinski definition) is 16. The van der Waals surface area contributed by atoms with Gasteiger partial charge in [-0.3, -0.25) is 52.7 Å². The fraction of sp³-hybridized carbons (Fsp3) is 0.785. The number of primary amides is 1. The molecule has 2 aliphatic heterocycles. The Kier molecular flexibility index (Phi) is 32.9. The third-order valence-corrected chi connectivity index (χ3v) is 17.5. The average Bonchev–Trinajstić information content (AvgIpc) is 1.82. The lowest BCUT2D eigenvalue weighted by Gasteiger charge is -2.41. The summed E-state index contributed by atoms with van der Waals surface area (Å²) in [4.78, 5) is 182. The number of amides is 12. The van der Waals surface area contributed by atoms with Crippen molar-refractivity contribution in [2.24, 2.45) is 41.2 Å². The van der Waals surface area contributed by atoms with E-state index in [-0.39, 0.29) is 76.0 Å². The Labute approximate surface area is 551 Å². The number of carbonyl (C=O) groups is 12. The van der Waals surface area contributed by atoms with Gasteiger partial charge in [-0.1, -0.05) is 95.2 Å². The normalized spacial score (nSPS) is 28.0. The molecule has 2 saturated heterocycles. The standard InChI is InChI=1S/C65H114N12O16/c1-23-25-26-39(13)53(79)52-57(83)69-44(24-2)59(85)77-33-43(92-27-28-93-65(66)91)32-48(77)62(88)75(21)51(42(16)78)56(82)70-49(37(9)10)63(89)71(17)45(29-34(3)4)55(81)67-40(14)54(80)68-41(15)58(84)72(18)46(30-35(5)6)60(86)73(19)47(31-36(7)8)61(87)74(20)50(38(11)12)64(90)76(52)22/h23,25,34-53,78-79H,24,26-33H2,1-22H3,(H2,66,91)(H,67,81)(H,68,80)(H,69,83)(H,70,82)/b25-23+/t39-,40+,41-,42-,43?,44+,45+,46+,47+,48-,49+,50+,51?,52+,53-/m1/s1. The molecule has 2 rings (SSSR count). The van der Waals surface area contributed by atoms with E-state index in [1.165, 1.54) is 77.8 Å². The first kappa shape index (κ1) is 82.2. The number of carbonyl (C=O) groups excluding carboxylic acids is 12. The van der Waals surface area contributed by atoms with Gasteiger partial charge in [0.1, 0.15) is 73.1 Å². The number of hydrogen-bond donors (Lipinski definition) is 7. The highest BCUT2D eigenvalue weighted by molar-refractivity contribution is 6.00. The quantitative estimate of drug-likeness (QED) is 0.0750. The molecule has 12 amide bonds. The van der Waals surface area contributed by atoms with Gasteiger partial charge in [0.05, 0.1) is 24.9 Å². The lowest BCUT2D eigenvalue weighted by Crippen LogP contribution is -2.64. The smallest absolute Gasteiger partial charge is 0.404 e. The number of nitrogens with one attached hydrogen (secondary N) is 4. The lowest BCUT2D eigenvalue weighted by atomic mass is 9.91. The van der Waals surface area contributed by atoms with E-state index in [9.17, 15) is 39.0 Å². The number of aliphatic hydroxyl groups excluding tert-OH is 2. The molecule has 15 atom stereocenters. The molecule has 0 aliphatic carbocycles. The minimum absolute atomic E-state index is 0.0855. The zero-order valence-electron chi connectivity index (χ0n) is 59.4. The molecular weight excluding hydrogens is 1200 g/mol. The van der Waals surface area contributed by atoms with Crippen molar-refractivity contribution in [2.45, 2.75) is 234 Å². The maximum atomic E-state index is 15.3. The van der Waals surface area contributed by atoms with Gasteiger partial charge in [-0.15, -0.1) is 0 Å². The van der Waals surface area contributed by atoms with E-state index in [2.05, 4.69) is 21.3 Å². The number of rotatable bonds is 18. The fourth-order valence-corrected chi connectivity index (χ4v) is 12.0. The van der Waals surface area contributed by atoms with Gasteiger partial charge in [0, 0.05) is 55.3 Å². The van der Waals surface area contributed by atoms with Crippen LogP contribution in [0.25, 0.3) is 0 Å². The molecule has 93 heavy (non-hydrogen) atoms. The largest absolute Gasteiger partial charge is 0.447 e. The van der Waals surface area contributed by atoms with Crippen molar-refractivity contribution in [1.29, 1.82) is 0 Å². The second-order valence-electron chi connectivity index (χ2n) is 27.3. The molecule has 0 aromatic rings. The zero-order chi connectivity index (χ0) is 71.5. The van der Waals surface area contributed by atoms with Gasteiger partial charge >= 0.3 is 6.09 Å². The van der Waals surface area contributed by atoms with Crippen LogP contribution in [0.2, 0.25) is 0 Å². The molecule has 2 unspecified atom stereocenters. The molecule has 0 radical (unpaired) electrons. The second-order valence-corrected chi connectivity index (χ2v) is 27.3. The number of nitrogens with two attached hydrogens (primary N) is 1. The molecule has 28 heteroatoms. The van der Waals surface area contributed by atoms with Crippen LogP contribution in [0.1, 0.15) is 149 Å². The van der Waals surface area contributed by atoms with Crippen molar-refractivity contribution in [1.82, 2.24) is 55.6 Å². The van der Waals surface area contributed by atoms with Gasteiger partial charge in [0.2, 0.25) is 65.0 Å². The van der Waals surface area contributed by atoms with E-state index in [0.29, 0.717) is 0 Å². The molecule has 0 bridgehead atoms. The number of ether oxygens (including phenoxy) is 2. The summed E-state index contributed by atoms with van der Waals surface area (Å²) in [5.74, 6) is -11.2. The summed E-state index contributed by atoms with van der Waals surface area (Å²) in [5, 5.41) is 34.4. The topological polar surface area (TPSA) is 361 Å². The average molecular weight is 1320 g/mol. The van der Waals surface area contributed by atoms with Crippen molar-refractivity contribution in [3.05, 3.63) is 12.2 Å². The molecule has 0 saturated carbocycles. The highest BCUT2D eigenvalue weighted by atomic mass is 16.6. The van der Waals surface area contributed by atoms with Gasteiger partial charge in [-0.2, -0.15) is 0 Å². The predicted octanol–water partition coefficient (Wildman–Crippen LogP) is 1.23. The van der Waals surface area contributed by atoms with Crippen LogP contribution >= 0.6 is 0 Å². The highest BCUT2D eigenvalue weighted by Crippen LogP contribution is 2.28. The first-order chi connectivity index (χ1) is 43.1. The van der Waals surface area contributed by atoms with Gasteiger partial charge < -0.3 is 81.0 Å². The van der Waals surface area contributed by atoms with Crippen molar-refractivity contribution in [2.75, 3.05) is 62.0 Å². The summed E-state index contributed by atoms with van der Waals surface area (Å²) in [6.45, 7) is 26.0. The van der Waals surface area contributed by atoms with Crippen molar-refractivity contribution in [3.63, 3.8) is 0 Å². The van der Waals surface area contributed by atoms with E-state index >= 15 is 28.8 Å². The molecule has 0 aromatic carbocycles. The van der Waals surface area contributed by atoms with Crippen LogP contribution in [0.15, 0.2) is 12.2 Å². The Bertz CT molecular complexity index is 2620. The minimum atomic E-state index is -1.72. The fourth-order valence-electron chi connectivity index (χ4n) is 12.0. The monoisotopic (exact) mass is 1320 g/mol. The third-order valence-electron chi connectivity index (χ3n) is 17.5. The third kappa shape index (κ3) is 22.3. The minimum Gasteiger partial charge on any atom is -0.447 e. The zero-order valence-corrected chi connectivity index (χ0v) is 59.4. The molecule has 8 N–H and O–H groups in total. The summed E-state index contributed by atoms with van der Waals surface area (Å²) in [7, 11) is 8.16. The number of fused-ring (bicyclic) bond motifs is 1. The van der Waals surface area contributed by atoms with Gasteiger partial charge in [-0.25, -0.2) is 4.79 Å². The first-order valence-electron chi connectivity index (χ1n) is 32.7. The Morgan fingerprint density at radius 1 is 0.548 bits per heavy atom. The van der Waals surface area contributed by atoms with Crippen LogP contribution in [-0.4, -0.2) is 262 Å². The second kappa shape index (κ2) is 37.2. The molecule has 2 fully saturated rings. The Balaban J connectivity index is 3.09. The van der Waals surface area contributed by atoms with Crippen LogP contribution in [-0.2, 0) is 62.2 Å². The van der Waals surface area contributed by atoms with E-state index in [4.69, 9.17) is 15.2 Å². The molecular formula is C65H114N12O16. The van der Waals surface area contributed by atoms with E-state index < -0.39 is 174 Å². The van der Waals surface area contributed by atoms with Crippen LogP contribution in [0, 0.1) is 35.5 Å². The first-order valence-corrected chi connectivity index (χ1v) is 32.7. The van der Waals surface area contributed by atoms with Crippen molar-refractivity contribution >= 4 is 71.1 Å². The van der Waals surface area contributed by atoms with Crippen LogP contribution in [0.5, 0.6) is 0 Å². The van der Waals surface area contributed by atoms with Gasteiger partial charge in [-0.05, 0) is 95.3 Å². The SMILES string of the molecule is C/C=C/C[C@@H](C)[C@@H](O)[C@H]1C(=O)N[C@@H](CC)C(=O)N2CC(OCCOC(N)=O)C[C@@H]2C(=O)N(C)C([C@@H](C)O)C(=O)N[C@@H](C(C)C)C(=O)N(C)[C@@H](CC(C)C)C(=O)N[C@@H](C)C(=O)N[C@H](C)C(=O)N(C)[C@@H](CC(C)C)C(=O)N(C)[C@@H](CC(C)C)C(=O)N(C)[C@@H](C(C)C)C(=O)N1C. The number of likely N-dealkylation sites (N-methyl/N-ethyl adjacent to an activating group) is 6. The maximum absolute atomic E-state index is 15.3. The molecule has 2 heterocycles. The Hall–Kier alpha value is -6.94.